The number of rotatable bonds is 46. The molecule has 0 unspecified atom stereocenters. The monoisotopic (exact) mass is 883 g/mol. The summed E-state index contributed by atoms with van der Waals surface area (Å²) in [5.41, 5.74) is 0. The van der Waals surface area contributed by atoms with Gasteiger partial charge in [0, 0.05) is 26.2 Å². The molecule has 0 saturated carbocycles. The lowest BCUT2D eigenvalue weighted by molar-refractivity contribution is -0.147. The van der Waals surface area contributed by atoms with Crippen molar-refractivity contribution in [3.8, 4) is 0 Å². The van der Waals surface area contributed by atoms with Crippen molar-refractivity contribution in [2.75, 3.05) is 19.8 Å². The van der Waals surface area contributed by atoms with Crippen LogP contribution in [-0.2, 0) is 9.53 Å². The van der Waals surface area contributed by atoms with Gasteiger partial charge in [-0.2, -0.15) is 0 Å². The molecule has 0 aliphatic carbocycles. The first-order valence-corrected chi connectivity index (χ1v) is 28.1. The van der Waals surface area contributed by atoms with Crippen molar-refractivity contribution in [1.82, 2.24) is 0 Å². The second-order valence-electron chi connectivity index (χ2n) is 18.6. The van der Waals surface area contributed by atoms with E-state index in [9.17, 15) is 4.79 Å². The van der Waals surface area contributed by atoms with Gasteiger partial charge in [-0.25, -0.2) is 0 Å². The van der Waals surface area contributed by atoms with Crippen molar-refractivity contribution in [3.05, 3.63) is 12.2 Å². The Bertz CT molecular complexity index is 737. The maximum absolute atomic E-state index is 11.3. The number of carbonyl (C=O) groups excluding carboxylic acids is 1. The average Bonchev–Trinajstić information content (AvgIpc) is 3.26. The van der Waals surface area contributed by atoms with Gasteiger partial charge in [-0.05, 0) is 65.2 Å². The predicted molar refractivity (Wildman–Crippen MR) is 277 cm³/mol. The van der Waals surface area contributed by atoms with Crippen molar-refractivity contribution < 1.29 is 24.9 Å². The first-order valence-electron chi connectivity index (χ1n) is 28.1. The minimum Gasteiger partial charge on any atom is -0.463 e. The lowest BCUT2D eigenvalue weighted by Gasteiger charge is -2.07. The van der Waals surface area contributed by atoms with E-state index in [0.29, 0.717) is 26.2 Å². The number of hydrogen-bond acceptors (Lipinski definition) is 5. The Labute approximate surface area is 391 Å². The molecule has 376 valence electrons. The summed E-state index contributed by atoms with van der Waals surface area (Å²) in [5.74, 6) is -0.0342. The Morgan fingerprint density at radius 2 is 0.548 bits per heavy atom. The van der Waals surface area contributed by atoms with Crippen LogP contribution in [0, 0.1) is 0 Å². The van der Waals surface area contributed by atoms with Crippen molar-refractivity contribution in [2.45, 2.75) is 330 Å². The summed E-state index contributed by atoms with van der Waals surface area (Å²) < 4.78 is 5.12. The fourth-order valence-electron chi connectivity index (χ4n) is 7.46. The summed E-state index contributed by atoms with van der Waals surface area (Å²) in [6.07, 6.45) is 62.0. The Kier molecular flexibility index (Phi) is 75.5. The zero-order chi connectivity index (χ0) is 46.5. The summed E-state index contributed by atoms with van der Waals surface area (Å²) in [6, 6.07) is 0. The normalized spacial score (nSPS) is 10.9. The third-order valence-corrected chi connectivity index (χ3v) is 11.5. The molecular weight excluding hydrogens is 765 g/mol. The van der Waals surface area contributed by atoms with Crippen molar-refractivity contribution in [2.24, 2.45) is 0 Å². The Balaban J connectivity index is -0.000000378. The van der Waals surface area contributed by atoms with Crippen LogP contribution in [0.15, 0.2) is 12.2 Å². The number of allylic oxidation sites excluding steroid dienone is 2. The van der Waals surface area contributed by atoms with Crippen LogP contribution in [0.1, 0.15) is 324 Å². The fraction of sp³-hybridized carbons (Fsp3) is 0.947. The Hall–Kier alpha value is -0.910. The Morgan fingerprint density at radius 1 is 0.339 bits per heavy atom. The highest BCUT2D eigenvalue weighted by molar-refractivity contribution is 5.69. The number of ether oxygens (including phenoxy) is 1. The smallest absolute Gasteiger partial charge is 0.306 e. The molecule has 0 heterocycles. The number of unbranched alkanes of at least 4 members (excludes halogenated alkanes) is 38. The third-order valence-electron chi connectivity index (χ3n) is 11.5. The lowest BCUT2D eigenvalue weighted by Crippen LogP contribution is -2.10. The fourth-order valence-corrected chi connectivity index (χ4v) is 7.46. The minimum absolute atomic E-state index is 0.0273. The molecule has 0 saturated heterocycles. The molecule has 62 heavy (non-hydrogen) atoms. The van der Waals surface area contributed by atoms with E-state index in [1.54, 1.807) is 0 Å². The number of esters is 1. The van der Waals surface area contributed by atoms with Crippen LogP contribution in [0.25, 0.3) is 0 Å². The van der Waals surface area contributed by atoms with E-state index >= 15 is 0 Å². The van der Waals surface area contributed by atoms with Crippen LogP contribution in [0.4, 0.5) is 0 Å². The van der Waals surface area contributed by atoms with E-state index in [1.807, 2.05) is 13.8 Å². The second kappa shape index (κ2) is 69.1. The molecule has 0 bridgehead atoms. The molecule has 0 aromatic rings. The van der Waals surface area contributed by atoms with E-state index in [4.69, 9.17) is 20.1 Å². The van der Waals surface area contributed by atoms with Gasteiger partial charge in [0.25, 0.3) is 0 Å². The molecule has 0 aliphatic rings. The summed E-state index contributed by atoms with van der Waals surface area (Å²) in [4.78, 5) is 11.3. The molecule has 0 amide bonds. The summed E-state index contributed by atoms with van der Waals surface area (Å²) in [7, 11) is 0. The number of aliphatic hydroxyl groups is 3. The molecule has 0 rings (SSSR count). The van der Waals surface area contributed by atoms with Gasteiger partial charge in [0.05, 0.1) is 6.10 Å². The van der Waals surface area contributed by atoms with Gasteiger partial charge in [0.15, 0.2) is 0 Å². The molecule has 0 aromatic carbocycles. The zero-order valence-electron chi connectivity index (χ0n) is 43.6. The van der Waals surface area contributed by atoms with E-state index < -0.39 is 0 Å². The van der Waals surface area contributed by atoms with Gasteiger partial charge in [-0.15, -0.1) is 0 Å². The highest BCUT2D eigenvalue weighted by Crippen LogP contribution is 2.14. The number of hydrogen-bond donors (Lipinski definition) is 3. The average molecular weight is 884 g/mol. The zero-order valence-corrected chi connectivity index (χ0v) is 43.6. The summed E-state index contributed by atoms with van der Waals surface area (Å²) in [5, 5.41) is 25.6. The third kappa shape index (κ3) is 79.5. The summed E-state index contributed by atoms with van der Waals surface area (Å²) in [6.45, 7) is 13.9. The molecule has 0 radical (unpaired) electrons. The van der Waals surface area contributed by atoms with Crippen molar-refractivity contribution >= 4 is 5.97 Å². The van der Waals surface area contributed by atoms with Crippen molar-refractivity contribution in [3.63, 3.8) is 0 Å². The maximum atomic E-state index is 11.3. The highest BCUT2D eigenvalue weighted by atomic mass is 16.5. The van der Waals surface area contributed by atoms with Crippen LogP contribution < -0.4 is 0 Å². The molecule has 5 nitrogen and oxygen atoms in total. The number of carbonyl (C=O) groups is 1. The molecule has 0 aliphatic heterocycles. The molecular formula is C57H118O5. The maximum Gasteiger partial charge on any atom is 0.306 e. The highest BCUT2D eigenvalue weighted by Gasteiger charge is 2.04. The minimum atomic E-state index is -0.0342. The molecule has 5 heteroatoms. The molecule has 0 atom stereocenters. The Morgan fingerprint density at radius 3 is 0.774 bits per heavy atom. The molecule has 0 fully saturated rings. The standard InChI is InChI=1S/C19H38O2.C18H36O.C12H26O.C8H18O/c1-4-5-6-7-8-9-10-11-12-13-14-15-16-17-19(20)21-18(2)3;1-2-3-4-5-6-7-8-9-10-11-12-13-14-15-16-17-18-19;1-2-3-4-5-6-7-8-9-10-11-12-13;1-2-3-4-5-6-7-8-9/h18H,4-17H2,1-3H3;9-10,19H,2-8,11-18H2,1H3;13H,2-12H2,1H3;9H,2-8H2,1H3. The lowest BCUT2D eigenvalue weighted by atomic mass is 10.0. The molecule has 0 spiro atoms. The quantitative estimate of drug-likeness (QED) is 0.0322. The van der Waals surface area contributed by atoms with Gasteiger partial charge < -0.3 is 20.1 Å². The first kappa shape index (κ1) is 67.7. The van der Waals surface area contributed by atoms with Gasteiger partial charge in [0.1, 0.15) is 0 Å². The van der Waals surface area contributed by atoms with Crippen LogP contribution in [-0.4, -0.2) is 47.2 Å². The first-order chi connectivity index (χ1) is 30.4. The summed E-state index contributed by atoms with van der Waals surface area (Å²) >= 11 is 0. The van der Waals surface area contributed by atoms with Gasteiger partial charge in [0.2, 0.25) is 0 Å². The number of aliphatic hydroxyl groups excluding tert-OH is 3. The van der Waals surface area contributed by atoms with E-state index in [1.165, 1.54) is 250 Å². The van der Waals surface area contributed by atoms with Crippen LogP contribution in [0.5, 0.6) is 0 Å². The van der Waals surface area contributed by atoms with E-state index in [2.05, 4.69) is 39.8 Å². The molecule has 0 aromatic heterocycles. The van der Waals surface area contributed by atoms with Crippen LogP contribution in [0.2, 0.25) is 0 Å². The second-order valence-corrected chi connectivity index (χ2v) is 18.6. The van der Waals surface area contributed by atoms with Gasteiger partial charge in [-0.3, -0.25) is 4.79 Å². The van der Waals surface area contributed by atoms with Gasteiger partial charge in [-0.1, -0.05) is 265 Å². The van der Waals surface area contributed by atoms with Gasteiger partial charge >= 0.3 is 5.97 Å². The van der Waals surface area contributed by atoms with Crippen LogP contribution >= 0.6 is 0 Å². The predicted octanol–water partition coefficient (Wildman–Crippen LogP) is 18.7. The molecule has 3 N–H and O–H groups in total. The van der Waals surface area contributed by atoms with E-state index in [0.717, 1.165) is 25.7 Å². The van der Waals surface area contributed by atoms with Crippen molar-refractivity contribution in [1.29, 1.82) is 0 Å². The van der Waals surface area contributed by atoms with Crippen LogP contribution in [0.3, 0.4) is 0 Å². The van der Waals surface area contributed by atoms with E-state index in [-0.39, 0.29) is 12.1 Å². The topological polar surface area (TPSA) is 87.0 Å². The largest absolute Gasteiger partial charge is 0.463 e. The SMILES string of the molecule is CCCCCCCCC=CCCCCCCCCO.CCCCCCCCCCCCCCCC(=O)OC(C)C.CCCCCCCCCCCCO.CCCCCCCCO.